The van der Waals surface area contributed by atoms with Gasteiger partial charge in [0.25, 0.3) is 0 Å². The van der Waals surface area contributed by atoms with Crippen molar-refractivity contribution in [3.8, 4) is 10.6 Å². The molecule has 0 saturated heterocycles. The standard InChI is InChI=1S/C16H15N3O2S2/c1-11-8-17-16(18-9-11)23(20,21)10-14-12(2)19-15(22-14)13-6-4-3-5-7-13/h3-9H,10H2,1-2H3. The van der Waals surface area contributed by atoms with Crippen LogP contribution in [0.25, 0.3) is 10.6 Å². The maximum atomic E-state index is 12.5. The smallest absolute Gasteiger partial charge is 0.241 e. The van der Waals surface area contributed by atoms with E-state index in [-0.39, 0.29) is 10.9 Å². The van der Waals surface area contributed by atoms with Crippen LogP contribution in [0.5, 0.6) is 0 Å². The number of aromatic nitrogens is 3. The molecule has 5 nitrogen and oxygen atoms in total. The quantitative estimate of drug-likeness (QED) is 0.679. The van der Waals surface area contributed by atoms with Crippen molar-refractivity contribution in [1.82, 2.24) is 15.0 Å². The summed E-state index contributed by atoms with van der Waals surface area (Å²) < 4.78 is 24.9. The van der Waals surface area contributed by atoms with Gasteiger partial charge in [-0.05, 0) is 19.4 Å². The molecular weight excluding hydrogens is 330 g/mol. The normalized spacial score (nSPS) is 11.6. The Morgan fingerprint density at radius 3 is 2.35 bits per heavy atom. The van der Waals surface area contributed by atoms with Crippen molar-refractivity contribution in [2.45, 2.75) is 24.8 Å². The molecule has 3 rings (SSSR count). The van der Waals surface area contributed by atoms with Crippen molar-refractivity contribution in [2.75, 3.05) is 0 Å². The number of hydrogen-bond donors (Lipinski definition) is 0. The highest BCUT2D eigenvalue weighted by molar-refractivity contribution is 7.90. The largest absolute Gasteiger partial charge is 0.247 e. The van der Waals surface area contributed by atoms with Gasteiger partial charge in [-0.2, -0.15) is 0 Å². The summed E-state index contributed by atoms with van der Waals surface area (Å²) in [5.41, 5.74) is 2.53. The van der Waals surface area contributed by atoms with Crippen molar-refractivity contribution in [3.63, 3.8) is 0 Å². The fourth-order valence-electron chi connectivity index (χ4n) is 2.04. The molecule has 0 saturated carbocycles. The molecule has 23 heavy (non-hydrogen) atoms. The number of benzene rings is 1. The molecule has 0 aliphatic heterocycles. The molecule has 7 heteroatoms. The first kappa shape index (κ1) is 15.8. The Morgan fingerprint density at radius 2 is 1.70 bits per heavy atom. The molecule has 0 aliphatic rings. The number of rotatable bonds is 4. The van der Waals surface area contributed by atoms with Gasteiger partial charge in [-0.25, -0.2) is 23.4 Å². The van der Waals surface area contributed by atoms with Gasteiger partial charge >= 0.3 is 0 Å². The lowest BCUT2D eigenvalue weighted by molar-refractivity contribution is 0.586. The molecule has 0 bridgehead atoms. The van der Waals surface area contributed by atoms with Crippen LogP contribution in [0.3, 0.4) is 0 Å². The molecule has 0 spiro atoms. The fourth-order valence-corrected chi connectivity index (χ4v) is 4.72. The highest BCUT2D eigenvalue weighted by Gasteiger charge is 2.22. The first-order chi connectivity index (χ1) is 11.0. The zero-order valence-electron chi connectivity index (χ0n) is 12.7. The SMILES string of the molecule is Cc1cnc(S(=O)(=O)Cc2sc(-c3ccccc3)nc2C)nc1. The van der Waals surface area contributed by atoms with Crippen molar-refractivity contribution in [3.05, 3.63) is 58.9 Å². The molecule has 1 aromatic carbocycles. The van der Waals surface area contributed by atoms with E-state index in [9.17, 15) is 8.42 Å². The van der Waals surface area contributed by atoms with Crippen LogP contribution in [0, 0.1) is 13.8 Å². The van der Waals surface area contributed by atoms with E-state index in [1.165, 1.54) is 23.7 Å². The molecule has 3 aromatic rings. The Morgan fingerprint density at radius 1 is 1.04 bits per heavy atom. The second-order valence-corrected chi connectivity index (χ2v) is 8.16. The minimum Gasteiger partial charge on any atom is -0.241 e. The lowest BCUT2D eigenvalue weighted by atomic mass is 10.2. The Kier molecular flexibility index (Phi) is 4.23. The van der Waals surface area contributed by atoms with E-state index in [2.05, 4.69) is 15.0 Å². The molecule has 0 atom stereocenters. The first-order valence-electron chi connectivity index (χ1n) is 6.99. The zero-order valence-corrected chi connectivity index (χ0v) is 14.4. The molecule has 118 valence electrons. The van der Waals surface area contributed by atoms with Gasteiger partial charge in [-0.1, -0.05) is 30.3 Å². The van der Waals surface area contributed by atoms with Crippen LogP contribution < -0.4 is 0 Å². The second-order valence-electron chi connectivity index (χ2n) is 5.20. The van der Waals surface area contributed by atoms with Crippen LogP contribution in [-0.2, 0) is 15.6 Å². The van der Waals surface area contributed by atoms with E-state index >= 15 is 0 Å². The van der Waals surface area contributed by atoms with Gasteiger partial charge in [-0.3, -0.25) is 0 Å². The third-order valence-corrected chi connectivity index (χ3v) is 6.10. The summed E-state index contributed by atoms with van der Waals surface area (Å²) in [6.07, 6.45) is 3.02. The van der Waals surface area contributed by atoms with Gasteiger partial charge in [0.1, 0.15) is 5.01 Å². The Balaban J connectivity index is 1.91. The molecule has 0 amide bonds. The van der Waals surface area contributed by atoms with Crippen molar-refractivity contribution >= 4 is 21.2 Å². The number of nitrogens with zero attached hydrogens (tertiary/aromatic N) is 3. The summed E-state index contributed by atoms with van der Waals surface area (Å²) in [5, 5.41) is 0.676. The Hall–Kier alpha value is -2.12. The monoisotopic (exact) mass is 345 g/mol. The third-order valence-electron chi connectivity index (χ3n) is 3.27. The topological polar surface area (TPSA) is 72.8 Å². The average Bonchev–Trinajstić information content (AvgIpc) is 2.89. The number of thiazole rings is 1. The average molecular weight is 345 g/mol. The number of hydrogen-bond acceptors (Lipinski definition) is 6. The van der Waals surface area contributed by atoms with Gasteiger partial charge in [0.05, 0.1) is 11.4 Å². The number of aryl methyl sites for hydroxylation is 2. The molecule has 0 unspecified atom stereocenters. The van der Waals surface area contributed by atoms with Crippen LogP contribution in [0.2, 0.25) is 0 Å². The van der Waals surface area contributed by atoms with E-state index in [0.717, 1.165) is 21.8 Å². The predicted molar refractivity (Wildman–Crippen MR) is 89.9 cm³/mol. The van der Waals surface area contributed by atoms with Crippen molar-refractivity contribution in [1.29, 1.82) is 0 Å². The predicted octanol–water partition coefficient (Wildman–Crippen LogP) is 3.19. The van der Waals surface area contributed by atoms with Gasteiger partial charge in [0.15, 0.2) is 0 Å². The van der Waals surface area contributed by atoms with Crippen LogP contribution in [0.15, 0.2) is 47.9 Å². The van der Waals surface area contributed by atoms with Crippen molar-refractivity contribution < 1.29 is 8.42 Å². The third kappa shape index (κ3) is 3.46. The molecule has 2 aromatic heterocycles. The molecular formula is C16H15N3O2S2. The van der Waals surface area contributed by atoms with E-state index < -0.39 is 9.84 Å². The Labute approximate surface area is 139 Å². The molecule has 0 aliphatic carbocycles. The molecule has 0 N–H and O–H groups in total. The summed E-state index contributed by atoms with van der Waals surface area (Å²) in [7, 11) is -3.57. The summed E-state index contributed by atoms with van der Waals surface area (Å²) in [4.78, 5) is 13.1. The van der Waals surface area contributed by atoms with E-state index in [0.29, 0.717) is 4.88 Å². The number of sulfone groups is 1. The van der Waals surface area contributed by atoms with Crippen LogP contribution >= 0.6 is 11.3 Å². The van der Waals surface area contributed by atoms with E-state index in [4.69, 9.17) is 0 Å². The van der Waals surface area contributed by atoms with Gasteiger partial charge in [0, 0.05) is 22.8 Å². The van der Waals surface area contributed by atoms with Crippen LogP contribution in [0.1, 0.15) is 16.1 Å². The highest BCUT2D eigenvalue weighted by Crippen LogP contribution is 2.29. The summed E-state index contributed by atoms with van der Waals surface area (Å²) >= 11 is 1.39. The maximum Gasteiger partial charge on any atom is 0.247 e. The minimum absolute atomic E-state index is 0.133. The minimum atomic E-state index is -3.57. The molecule has 0 radical (unpaired) electrons. The summed E-state index contributed by atoms with van der Waals surface area (Å²) in [5.74, 6) is -0.133. The summed E-state index contributed by atoms with van der Waals surface area (Å²) in [6, 6.07) is 9.72. The van der Waals surface area contributed by atoms with Gasteiger partial charge in [-0.15, -0.1) is 11.3 Å². The van der Waals surface area contributed by atoms with Gasteiger partial charge in [0.2, 0.25) is 15.0 Å². The summed E-state index contributed by atoms with van der Waals surface area (Å²) in [6.45, 7) is 3.64. The molecule has 0 fully saturated rings. The fraction of sp³-hybridized carbons (Fsp3) is 0.188. The van der Waals surface area contributed by atoms with E-state index in [1.54, 1.807) is 0 Å². The van der Waals surface area contributed by atoms with Gasteiger partial charge < -0.3 is 0 Å². The lowest BCUT2D eigenvalue weighted by Gasteiger charge is -2.01. The maximum absolute atomic E-state index is 12.5. The molecule has 2 heterocycles. The van der Waals surface area contributed by atoms with Crippen LogP contribution in [-0.4, -0.2) is 23.4 Å². The van der Waals surface area contributed by atoms with Crippen LogP contribution in [0.4, 0.5) is 0 Å². The van der Waals surface area contributed by atoms with Crippen molar-refractivity contribution in [2.24, 2.45) is 0 Å². The van der Waals surface area contributed by atoms with E-state index in [1.807, 2.05) is 44.2 Å². The first-order valence-corrected chi connectivity index (χ1v) is 9.46. The zero-order chi connectivity index (χ0) is 16.4. The lowest BCUT2D eigenvalue weighted by Crippen LogP contribution is -2.09. The highest BCUT2D eigenvalue weighted by atomic mass is 32.2. The second kappa shape index (κ2) is 6.17. The Bertz CT molecular complexity index is 918.